The smallest absolute Gasteiger partial charge is 0.207 e. The number of benzene rings is 1. The van der Waals surface area contributed by atoms with Gasteiger partial charge in [-0.3, -0.25) is 4.57 Å². The molecular weight excluding hydrogens is 344 g/mol. The topological polar surface area (TPSA) is 66.0 Å². The van der Waals surface area contributed by atoms with Crippen molar-refractivity contribution in [1.82, 2.24) is 14.5 Å². The van der Waals surface area contributed by atoms with Crippen LogP contribution in [-0.4, -0.2) is 21.6 Å². The average molecular weight is 354 g/mol. The summed E-state index contributed by atoms with van der Waals surface area (Å²) in [5.74, 6) is 1.00. The Hall–Kier alpha value is -1.79. The fourth-order valence-electron chi connectivity index (χ4n) is 2.03. The van der Waals surface area contributed by atoms with Gasteiger partial charge in [0, 0.05) is 10.7 Å². The van der Waals surface area contributed by atoms with Crippen LogP contribution in [0.3, 0.4) is 0 Å². The van der Waals surface area contributed by atoms with E-state index in [4.69, 9.17) is 22.1 Å². The molecule has 0 saturated heterocycles. The summed E-state index contributed by atoms with van der Waals surface area (Å²) >= 11 is 9.36. The normalized spacial score (nSPS) is 10.9. The Bertz CT molecular complexity index is 802. The van der Waals surface area contributed by atoms with E-state index in [1.165, 1.54) is 0 Å². The van der Waals surface area contributed by atoms with Gasteiger partial charge in [-0.15, -0.1) is 0 Å². The number of pyridine rings is 1. The molecule has 0 fully saturated rings. The van der Waals surface area contributed by atoms with E-state index in [2.05, 4.69) is 25.9 Å². The summed E-state index contributed by atoms with van der Waals surface area (Å²) in [6.07, 6.45) is 1.56. The van der Waals surface area contributed by atoms with Crippen LogP contribution in [0.15, 0.2) is 34.9 Å². The highest BCUT2D eigenvalue weighted by Gasteiger charge is 2.15. The van der Waals surface area contributed by atoms with Crippen LogP contribution in [0.5, 0.6) is 5.75 Å². The molecule has 2 aromatic heterocycles. The van der Waals surface area contributed by atoms with E-state index < -0.39 is 0 Å². The standard InChI is InChI=1S/C13H10BrClN4O/c1-20-11-3-2-7(14)4-10(11)19-12-9(18-13(19)16)5-8(15)6-17-12/h2-6H,1H3,(H2,16,18). The molecule has 5 nitrogen and oxygen atoms in total. The molecule has 0 aliphatic carbocycles. The molecule has 0 spiro atoms. The van der Waals surface area contributed by atoms with Crippen molar-refractivity contribution >= 4 is 44.6 Å². The van der Waals surface area contributed by atoms with Gasteiger partial charge in [0.05, 0.1) is 17.8 Å². The Morgan fingerprint density at radius 3 is 2.90 bits per heavy atom. The summed E-state index contributed by atoms with van der Waals surface area (Å²) in [5, 5.41) is 0.517. The number of fused-ring (bicyclic) bond motifs is 1. The van der Waals surface area contributed by atoms with Crippen LogP contribution in [0, 0.1) is 0 Å². The van der Waals surface area contributed by atoms with Gasteiger partial charge in [-0.2, -0.15) is 0 Å². The lowest BCUT2D eigenvalue weighted by Crippen LogP contribution is -2.03. The van der Waals surface area contributed by atoms with Crippen LogP contribution >= 0.6 is 27.5 Å². The molecule has 3 aromatic rings. The number of methoxy groups -OCH3 is 1. The Labute approximate surface area is 128 Å². The maximum Gasteiger partial charge on any atom is 0.207 e. The van der Waals surface area contributed by atoms with Gasteiger partial charge in [-0.1, -0.05) is 27.5 Å². The van der Waals surface area contributed by atoms with Gasteiger partial charge in [-0.05, 0) is 24.3 Å². The SMILES string of the molecule is COc1ccc(Br)cc1-n1c(N)nc2cc(Cl)cnc21. The third kappa shape index (κ3) is 2.10. The van der Waals surface area contributed by atoms with Crippen molar-refractivity contribution in [2.75, 3.05) is 12.8 Å². The van der Waals surface area contributed by atoms with E-state index in [0.29, 0.717) is 27.9 Å². The molecule has 0 radical (unpaired) electrons. The Balaban J connectivity index is 2.34. The van der Waals surface area contributed by atoms with Crippen molar-refractivity contribution in [3.63, 3.8) is 0 Å². The van der Waals surface area contributed by atoms with Gasteiger partial charge < -0.3 is 10.5 Å². The van der Waals surface area contributed by atoms with Gasteiger partial charge in [0.25, 0.3) is 0 Å². The highest BCUT2D eigenvalue weighted by molar-refractivity contribution is 9.10. The monoisotopic (exact) mass is 352 g/mol. The molecule has 0 amide bonds. The van der Waals surface area contributed by atoms with Gasteiger partial charge >= 0.3 is 0 Å². The van der Waals surface area contributed by atoms with Crippen molar-refractivity contribution in [1.29, 1.82) is 0 Å². The quantitative estimate of drug-likeness (QED) is 0.766. The lowest BCUT2D eigenvalue weighted by molar-refractivity contribution is 0.413. The minimum absolute atomic E-state index is 0.325. The van der Waals surface area contributed by atoms with Gasteiger partial charge in [0.15, 0.2) is 5.65 Å². The second-order valence-corrected chi connectivity index (χ2v) is 5.47. The van der Waals surface area contributed by atoms with E-state index in [9.17, 15) is 0 Å². The number of anilines is 1. The predicted octanol–water partition coefficient (Wildman–Crippen LogP) is 3.43. The van der Waals surface area contributed by atoms with E-state index in [0.717, 1.165) is 10.2 Å². The van der Waals surface area contributed by atoms with Crippen LogP contribution < -0.4 is 10.5 Å². The summed E-state index contributed by atoms with van der Waals surface area (Å²) in [5.41, 5.74) is 8.03. The van der Waals surface area contributed by atoms with Crippen molar-refractivity contribution < 1.29 is 4.74 Å². The third-order valence-corrected chi connectivity index (χ3v) is 3.57. The molecule has 2 heterocycles. The second kappa shape index (κ2) is 4.96. The molecule has 102 valence electrons. The zero-order valence-electron chi connectivity index (χ0n) is 10.5. The zero-order valence-corrected chi connectivity index (χ0v) is 12.8. The lowest BCUT2D eigenvalue weighted by atomic mass is 10.3. The molecule has 20 heavy (non-hydrogen) atoms. The van der Waals surface area contributed by atoms with E-state index in [-0.39, 0.29) is 0 Å². The number of hydrogen-bond acceptors (Lipinski definition) is 4. The predicted molar refractivity (Wildman–Crippen MR) is 82.5 cm³/mol. The number of ether oxygens (including phenoxy) is 1. The van der Waals surface area contributed by atoms with Crippen molar-refractivity contribution in [2.24, 2.45) is 0 Å². The number of nitrogen functional groups attached to an aromatic ring is 1. The molecule has 2 N–H and O–H groups in total. The number of halogens is 2. The van der Waals surface area contributed by atoms with Crippen LogP contribution in [0.25, 0.3) is 16.9 Å². The molecule has 0 unspecified atom stereocenters. The average Bonchev–Trinajstić information content (AvgIpc) is 2.73. The van der Waals surface area contributed by atoms with Crippen LogP contribution in [0.2, 0.25) is 5.02 Å². The zero-order chi connectivity index (χ0) is 14.3. The molecule has 0 atom stereocenters. The first-order valence-electron chi connectivity index (χ1n) is 5.73. The molecule has 7 heteroatoms. The minimum atomic E-state index is 0.325. The third-order valence-electron chi connectivity index (χ3n) is 2.87. The van der Waals surface area contributed by atoms with E-state index >= 15 is 0 Å². The highest BCUT2D eigenvalue weighted by atomic mass is 79.9. The Morgan fingerprint density at radius 1 is 1.35 bits per heavy atom. The van der Waals surface area contributed by atoms with Gasteiger partial charge in [-0.25, -0.2) is 9.97 Å². The highest BCUT2D eigenvalue weighted by Crippen LogP contribution is 2.31. The molecule has 0 saturated carbocycles. The van der Waals surface area contributed by atoms with Gasteiger partial charge in [0.1, 0.15) is 11.3 Å². The number of nitrogens with zero attached hydrogens (tertiary/aromatic N) is 3. The number of rotatable bonds is 2. The summed E-state index contributed by atoms with van der Waals surface area (Å²) < 4.78 is 8.01. The molecule has 0 aliphatic rings. The second-order valence-electron chi connectivity index (χ2n) is 4.12. The van der Waals surface area contributed by atoms with Crippen LogP contribution in [-0.2, 0) is 0 Å². The number of imidazole rings is 1. The van der Waals surface area contributed by atoms with Crippen LogP contribution in [0.4, 0.5) is 5.95 Å². The van der Waals surface area contributed by atoms with Crippen molar-refractivity contribution in [3.8, 4) is 11.4 Å². The lowest BCUT2D eigenvalue weighted by Gasteiger charge is -2.11. The summed E-state index contributed by atoms with van der Waals surface area (Å²) in [4.78, 5) is 8.58. The van der Waals surface area contributed by atoms with Crippen molar-refractivity contribution in [2.45, 2.75) is 0 Å². The molecule has 0 aliphatic heterocycles. The van der Waals surface area contributed by atoms with Crippen LogP contribution in [0.1, 0.15) is 0 Å². The van der Waals surface area contributed by atoms with Crippen molar-refractivity contribution in [3.05, 3.63) is 40.0 Å². The van der Waals surface area contributed by atoms with E-state index in [1.807, 2.05) is 18.2 Å². The summed E-state index contributed by atoms with van der Waals surface area (Å²) in [6, 6.07) is 7.36. The minimum Gasteiger partial charge on any atom is -0.495 e. The largest absolute Gasteiger partial charge is 0.495 e. The fraction of sp³-hybridized carbons (Fsp3) is 0.0769. The number of nitrogens with two attached hydrogens (primary N) is 1. The molecule has 1 aromatic carbocycles. The number of aromatic nitrogens is 3. The first kappa shape index (κ1) is 13.2. The summed E-state index contributed by atoms with van der Waals surface area (Å²) in [7, 11) is 1.60. The number of hydrogen-bond donors (Lipinski definition) is 1. The van der Waals surface area contributed by atoms with E-state index in [1.54, 1.807) is 23.9 Å². The first-order chi connectivity index (χ1) is 9.60. The molecule has 3 rings (SSSR count). The Morgan fingerprint density at radius 2 is 2.15 bits per heavy atom. The molecule has 0 bridgehead atoms. The maximum absolute atomic E-state index is 6.01. The maximum atomic E-state index is 6.01. The molecular formula is C13H10BrClN4O. The Kier molecular flexibility index (Phi) is 3.27. The van der Waals surface area contributed by atoms with Gasteiger partial charge in [0.2, 0.25) is 5.95 Å². The first-order valence-corrected chi connectivity index (χ1v) is 6.90. The fourth-order valence-corrected chi connectivity index (χ4v) is 2.53. The summed E-state index contributed by atoms with van der Waals surface area (Å²) in [6.45, 7) is 0.